The molecule has 0 saturated heterocycles. The smallest absolute Gasteiger partial charge is 0.123 e. The second kappa shape index (κ2) is 4.17. The van der Waals surface area contributed by atoms with Crippen molar-refractivity contribution in [2.24, 2.45) is 0 Å². The summed E-state index contributed by atoms with van der Waals surface area (Å²) in [7, 11) is 2.00. The van der Waals surface area contributed by atoms with Crippen LogP contribution in [0.4, 0.5) is 4.39 Å². The van der Waals surface area contributed by atoms with Gasteiger partial charge in [-0.25, -0.2) is 4.39 Å². The second-order valence-electron chi connectivity index (χ2n) is 5.26. The zero-order valence-corrected chi connectivity index (χ0v) is 10.3. The van der Waals surface area contributed by atoms with Gasteiger partial charge in [-0.3, -0.25) is 0 Å². The average molecular weight is 221 g/mol. The first-order valence-electron chi connectivity index (χ1n) is 6.02. The van der Waals surface area contributed by atoms with Crippen LogP contribution < -0.4 is 5.32 Å². The summed E-state index contributed by atoms with van der Waals surface area (Å²) in [6.45, 7) is 4.44. The molecule has 1 unspecified atom stereocenters. The number of halogens is 1. The molecular formula is C14H20FN. The highest BCUT2D eigenvalue weighted by atomic mass is 19.1. The maximum Gasteiger partial charge on any atom is 0.123 e. The van der Waals surface area contributed by atoms with E-state index in [-0.39, 0.29) is 11.4 Å². The van der Waals surface area contributed by atoms with E-state index in [4.69, 9.17) is 0 Å². The van der Waals surface area contributed by atoms with Crippen LogP contribution in [0.3, 0.4) is 0 Å². The van der Waals surface area contributed by atoms with Crippen molar-refractivity contribution in [2.75, 3.05) is 7.05 Å². The SMILES string of the molecule is CNC(C)(C)C1CCCc2cc(F)ccc21. The highest BCUT2D eigenvalue weighted by Crippen LogP contribution is 2.38. The molecule has 1 aliphatic carbocycles. The van der Waals surface area contributed by atoms with Crippen molar-refractivity contribution in [3.05, 3.63) is 35.1 Å². The minimum atomic E-state index is -0.110. The third kappa shape index (κ3) is 1.99. The minimum absolute atomic E-state index is 0.0764. The van der Waals surface area contributed by atoms with E-state index in [1.807, 2.05) is 13.1 Å². The third-order valence-corrected chi connectivity index (χ3v) is 3.93. The van der Waals surface area contributed by atoms with Gasteiger partial charge in [-0.2, -0.15) is 0 Å². The zero-order valence-electron chi connectivity index (χ0n) is 10.3. The summed E-state index contributed by atoms with van der Waals surface area (Å²) in [5.41, 5.74) is 2.60. The summed E-state index contributed by atoms with van der Waals surface area (Å²) >= 11 is 0. The molecule has 1 N–H and O–H groups in total. The van der Waals surface area contributed by atoms with Crippen LogP contribution in [0.15, 0.2) is 18.2 Å². The predicted octanol–water partition coefficient (Wildman–Crippen LogP) is 3.24. The molecule has 0 bridgehead atoms. The molecule has 0 spiro atoms. The van der Waals surface area contributed by atoms with E-state index in [9.17, 15) is 4.39 Å². The van der Waals surface area contributed by atoms with Crippen molar-refractivity contribution in [1.29, 1.82) is 0 Å². The van der Waals surface area contributed by atoms with Crippen molar-refractivity contribution in [2.45, 2.75) is 44.6 Å². The third-order valence-electron chi connectivity index (χ3n) is 3.93. The number of fused-ring (bicyclic) bond motifs is 1. The number of likely N-dealkylation sites (N-methyl/N-ethyl adjacent to an activating group) is 1. The van der Waals surface area contributed by atoms with Crippen molar-refractivity contribution < 1.29 is 4.39 Å². The molecule has 0 fully saturated rings. The molecule has 0 radical (unpaired) electrons. The molecule has 0 saturated carbocycles. The van der Waals surface area contributed by atoms with Gasteiger partial charge in [-0.15, -0.1) is 0 Å². The number of nitrogens with one attached hydrogen (secondary N) is 1. The molecular weight excluding hydrogens is 201 g/mol. The fraction of sp³-hybridized carbons (Fsp3) is 0.571. The molecule has 1 aliphatic rings. The van der Waals surface area contributed by atoms with Gasteiger partial charge in [-0.05, 0) is 63.4 Å². The molecule has 88 valence electrons. The van der Waals surface area contributed by atoms with Crippen molar-refractivity contribution in [3.8, 4) is 0 Å². The first-order valence-corrected chi connectivity index (χ1v) is 6.02. The van der Waals surface area contributed by atoms with Gasteiger partial charge < -0.3 is 5.32 Å². The summed E-state index contributed by atoms with van der Waals surface area (Å²) in [5, 5.41) is 3.37. The van der Waals surface area contributed by atoms with E-state index in [0.717, 1.165) is 12.8 Å². The van der Waals surface area contributed by atoms with Crippen LogP contribution in [0.25, 0.3) is 0 Å². The highest BCUT2D eigenvalue weighted by molar-refractivity contribution is 5.35. The summed E-state index contributed by atoms with van der Waals surface area (Å²) < 4.78 is 13.2. The number of benzene rings is 1. The van der Waals surface area contributed by atoms with Gasteiger partial charge in [0.1, 0.15) is 5.82 Å². The van der Waals surface area contributed by atoms with Crippen LogP contribution >= 0.6 is 0 Å². The van der Waals surface area contributed by atoms with Gasteiger partial charge in [0, 0.05) is 11.5 Å². The Morgan fingerprint density at radius 2 is 2.12 bits per heavy atom. The lowest BCUT2D eigenvalue weighted by atomic mass is 9.73. The van der Waals surface area contributed by atoms with Gasteiger partial charge in [0.05, 0.1) is 0 Å². The lowest BCUT2D eigenvalue weighted by Gasteiger charge is -2.38. The Balaban J connectivity index is 2.40. The zero-order chi connectivity index (χ0) is 11.8. The number of aryl methyl sites for hydroxylation is 1. The van der Waals surface area contributed by atoms with Gasteiger partial charge >= 0.3 is 0 Å². The molecule has 1 aromatic carbocycles. The van der Waals surface area contributed by atoms with Crippen LogP contribution in [0.5, 0.6) is 0 Å². The van der Waals surface area contributed by atoms with Crippen LogP contribution in [0, 0.1) is 5.82 Å². The molecule has 16 heavy (non-hydrogen) atoms. The maximum atomic E-state index is 13.2. The monoisotopic (exact) mass is 221 g/mol. The maximum absolute atomic E-state index is 13.2. The number of hydrogen-bond acceptors (Lipinski definition) is 1. The molecule has 0 aromatic heterocycles. The van der Waals surface area contributed by atoms with Gasteiger partial charge in [-0.1, -0.05) is 6.07 Å². The molecule has 1 atom stereocenters. The average Bonchev–Trinajstić information content (AvgIpc) is 2.27. The van der Waals surface area contributed by atoms with Crippen LogP contribution in [-0.4, -0.2) is 12.6 Å². The minimum Gasteiger partial charge on any atom is -0.314 e. The Labute approximate surface area is 97.1 Å². The molecule has 0 aliphatic heterocycles. The fourth-order valence-corrected chi connectivity index (χ4v) is 2.71. The van der Waals surface area contributed by atoms with Crippen molar-refractivity contribution in [1.82, 2.24) is 5.32 Å². The van der Waals surface area contributed by atoms with Crippen LogP contribution in [0.2, 0.25) is 0 Å². The largest absolute Gasteiger partial charge is 0.314 e. The first-order chi connectivity index (χ1) is 7.54. The van der Waals surface area contributed by atoms with E-state index in [0.29, 0.717) is 5.92 Å². The number of hydrogen-bond donors (Lipinski definition) is 1. The summed E-state index contributed by atoms with van der Waals surface area (Å²) in [6, 6.07) is 5.25. The van der Waals surface area contributed by atoms with E-state index in [1.54, 1.807) is 12.1 Å². The molecule has 2 heteroatoms. The second-order valence-corrected chi connectivity index (χ2v) is 5.26. The molecule has 0 amide bonds. The standard InChI is InChI=1S/C14H20FN/c1-14(2,16-3)13-6-4-5-10-9-11(15)7-8-12(10)13/h7-9,13,16H,4-6H2,1-3H3. The van der Waals surface area contributed by atoms with Crippen LogP contribution in [-0.2, 0) is 6.42 Å². The quantitative estimate of drug-likeness (QED) is 0.808. The van der Waals surface area contributed by atoms with E-state index in [1.165, 1.54) is 17.5 Å². The number of rotatable bonds is 2. The molecule has 0 heterocycles. The summed E-state index contributed by atoms with van der Waals surface area (Å²) in [6.07, 6.45) is 3.36. The topological polar surface area (TPSA) is 12.0 Å². The van der Waals surface area contributed by atoms with Crippen molar-refractivity contribution in [3.63, 3.8) is 0 Å². The Morgan fingerprint density at radius 1 is 1.38 bits per heavy atom. The van der Waals surface area contributed by atoms with Gasteiger partial charge in [0.2, 0.25) is 0 Å². The first kappa shape index (κ1) is 11.6. The Hall–Kier alpha value is -0.890. The predicted molar refractivity (Wildman–Crippen MR) is 65.2 cm³/mol. The van der Waals surface area contributed by atoms with Crippen molar-refractivity contribution >= 4 is 0 Å². The van der Waals surface area contributed by atoms with E-state index in [2.05, 4.69) is 19.2 Å². The van der Waals surface area contributed by atoms with Crippen LogP contribution in [0.1, 0.15) is 43.7 Å². The Morgan fingerprint density at radius 3 is 2.81 bits per heavy atom. The molecule has 1 nitrogen and oxygen atoms in total. The lowest BCUT2D eigenvalue weighted by Crippen LogP contribution is -2.43. The van der Waals surface area contributed by atoms with Gasteiger partial charge in [0.15, 0.2) is 0 Å². The fourth-order valence-electron chi connectivity index (χ4n) is 2.71. The molecule has 1 aromatic rings. The normalized spacial score (nSPS) is 20.6. The summed E-state index contributed by atoms with van der Waals surface area (Å²) in [5.74, 6) is 0.378. The van der Waals surface area contributed by atoms with E-state index < -0.39 is 0 Å². The van der Waals surface area contributed by atoms with Gasteiger partial charge in [0.25, 0.3) is 0 Å². The Bertz CT molecular complexity index is 384. The molecule has 2 rings (SSSR count). The van der Waals surface area contributed by atoms with E-state index >= 15 is 0 Å². The summed E-state index contributed by atoms with van der Waals surface area (Å²) in [4.78, 5) is 0. The highest BCUT2D eigenvalue weighted by Gasteiger charge is 2.32. The lowest BCUT2D eigenvalue weighted by molar-refractivity contribution is 0.312. The Kier molecular flexibility index (Phi) is 3.02.